The van der Waals surface area contributed by atoms with E-state index in [1.165, 1.54) is 6.07 Å². The fourth-order valence-electron chi connectivity index (χ4n) is 2.50. The molecule has 8 heteroatoms. The molecule has 0 unspecified atom stereocenters. The van der Waals surface area contributed by atoms with Crippen molar-refractivity contribution in [1.29, 1.82) is 0 Å². The molecule has 3 rings (SSSR count). The van der Waals surface area contributed by atoms with Gasteiger partial charge in [0.25, 0.3) is 11.8 Å². The molecule has 0 radical (unpaired) electrons. The lowest BCUT2D eigenvalue weighted by Crippen LogP contribution is -2.39. The second-order valence-electron chi connectivity index (χ2n) is 5.29. The summed E-state index contributed by atoms with van der Waals surface area (Å²) >= 11 is 0. The number of anilines is 1. The summed E-state index contributed by atoms with van der Waals surface area (Å²) in [6, 6.07) is 8.77. The highest BCUT2D eigenvalue weighted by atomic mass is 19.1. The molecule has 0 bridgehead atoms. The van der Waals surface area contributed by atoms with E-state index < -0.39 is 35.2 Å². The maximum atomic E-state index is 13.5. The van der Waals surface area contributed by atoms with Gasteiger partial charge in [0.1, 0.15) is 17.3 Å². The molecule has 4 amide bonds. The minimum absolute atomic E-state index is 0.0560. The summed E-state index contributed by atoms with van der Waals surface area (Å²) in [4.78, 5) is 37.0. The van der Waals surface area contributed by atoms with Gasteiger partial charge in [-0.1, -0.05) is 18.2 Å². The number of hydrogen-bond donors (Lipinski definition) is 2. The van der Waals surface area contributed by atoms with Crippen LogP contribution in [0.15, 0.2) is 42.5 Å². The van der Waals surface area contributed by atoms with Crippen LogP contribution in [0.25, 0.3) is 0 Å². The molecule has 2 N–H and O–H groups in total. The van der Waals surface area contributed by atoms with Gasteiger partial charge < -0.3 is 10.6 Å². The topological polar surface area (TPSA) is 78.5 Å². The lowest BCUT2D eigenvalue weighted by atomic mass is 10.1. The molecular weight excluding hydrogens is 332 g/mol. The van der Waals surface area contributed by atoms with Crippen molar-refractivity contribution < 1.29 is 23.2 Å². The van der Waals surface area contributed by atoms with Crippen LogP contribution in [0.2, 0.25) is 0 Å². The Morgan fingerprint density at radius 2 is 1.48 bits per heavy atom. The minimum Gasteiger partial charge on any atom is -0.336 e. The van der Waals surface area contributed by atoms with Crippen LogP contribution in [-0.4, -0.2) is 35.8 Å². The first kappa shape index (κ1) is 16.6. The summed E-state index contributed by atoms with van der Waals surface area (Å²) in [6.45, 7) is -0.118. The molecule has 25 heavy (non-hydrogen) atoms. The Hall–Kier alpha value is -3.29. The van der Waals surface area contributed by atoms with Crippen LogP contribution in [0.3, 0.4) is 0 Å². The van der Waals surface area contributed by atoms with Crippen LogP contribution in [0.4, 0.5) is 19.3 Å². The van der Waals surface area contributed by atoms with Crippen molar-refractivity contribution in [2.24, 2.45) is 0 Å². The van der Waals surface area contributed by atoms with Crippen LogP contribution in [0.1, 0.15) is 20.7 Å². The van der Waals surface area contributed by atoms with E-state index in [4.69, 9.17) is 0 Å². The molecule has 0 spiro atoms. The zero-order valence-corrected chi connectivity index (χ0v) is 12.9. The zero-order valence-electron chi connectivity index (χ0n) is 12.9. The molecule has 1 aliphatic heterocycles. The Morgan fingerprint density at radius 1 is 0.920 bits per heavy atom. The summed E-state index contributed by atoms with van der Waals surface area (Å²) in [6.07, 6.45) is 0. The maximum Gasteiger partial charge on any atom is 0.319 e. The Labute approximate surface area is 141 Å². The van der Waals surface area contributed by atoms with Gasteiger partial charge in [0.05, 0.1) is 11.1 Å². The molecule has 0 fully saturated rings. The average Bonchev–Trinajstić information content (AvgIpc) is 2.84. The van der Waals surface area contributed by atoms with Gasteiger partial charge in [-0.2, -0.15) is 0 Å². The standard InChI is InChI=1S/C17H13F2N3O3/c18-12-6-3-7-13(19)14(12)21-17(25)20-8-9-22-15(23)10-4-1-2-5-11(10)16(22)24/h1-7H,8-9H2,(H2,20,21,25). The van der Waals surface area contributed by atoms with Crippen molar-refractivity contribution in [2.75, 3.05) is 18.4 Å². The predicted octanol–water partition coefficient (Wildman–Crippen LogP) is 2.38. The van der Waals surface area contributed by atoms with Crippen LogP contribution in [0.5, 0.6) is 0 Å². The number of nitrogens with one attached hydrogen (secondary N) is 2. The summed E-state index contributed by atoms with van der Waals surface area (Å²) < 4.78 is 26.9. The van der Waals surface area contributed by atoms with E-state index in [2.05, 4.69) is 10.6 Å². The van der Waals surface area contributed by atoms with Gasteiger partial charge in [0.15, 0.2) is 0 Å². The number of benzene rings is 2. The van der Waals surface area contributed by atoms with E-state index in [9.17, 15) is 23.2 Å². The predicted molar refractivity (Wildman–Crippen MR) is 85.2 cm³/mol. The van der Waals surface area contributed by atoms with Gasteiger partial charge in [-0.05, 0) is 24.3 Å². The molecule has 0 aliphatic carbocycles. The number of imide groups is 1. The van der Waals surface area contributed by atoms with Crippen molar-refractivity contribution in [3.05, 3.63) is 65.2 Å². The number of halogens is 2. The first-order valence-corrected chi connectivity index (χ1v) is 7.43. The van der Waals surface area contributed by atoms with E-state index in [1.54, 1.807) is 24.3 Å². The van der Waals surface area contributed by atoms with E-state index in [0.717, 1.165) is 17.0 Å². The summed E-state index contributed by atoms with van der Waals surface area (Å²) in [7, 11) is 0. The van der Waals surface area contributed by atoms with Gasteiger partial charge in [-0.25, -0.2) is 13.6 Å². The summed E-state index contributed by atoms with van der Waals surface area (Å²) in [5.74, 6) is -2.70. The Kier molecular flexibility index (Phi) is 4.42. The monoisotopic (exact) mass is 345 g/mol. The molecule has 2 aromatic rings. The van der Waals surface area contributed by atoms with Crippen molar-refractivity contribution in [1.82, 2.24) is 10.2 Å². The van der Waals surface area contributed by atoms with Crippen molar-refractivity contribution in [2.45, 2.75) is 0 Å². The lowest BCUT2D eigenvalue weighted by molar-refractivity contribution is 0.0656. The lowest BCUT2D eigenvalue weighted by Gasteiger charge is -2.14. The first-order valence-electron chi connectivity index (χ1n) is 7.43. The molecule has 1 aliphatic rings. The number of amides is 4. The van der Waals surface area contributed by atoms with E-state index in [-0.39, 0.29) is 13.1 Å². The molecule has 2 aromatic carbocycles. The van der Waals surface area contributed by atoms with Crippen LogP contribution >= 0.6 is 0 Å². The van der Waals surface area contributed by atoms with Gasteiger partial charge in [0, 0.05) is 13.1 Å². The molecule has 0 atom stereocenters. The third-order valence-corrected chi connectivity index (χ3v) is 3.70. The van der Waals surface area contributed by atoms with Gasteiger partial charge in [-0.15, -0.1) is 0 Å². The number of para-hydroxylation sites is 1. The van der Waals surface area contributed by atoms with Gasteiger partial charge in [-0.3, -0.25) is 14.5 Å². The van der Waals surface area contributed by atoms with E-state index in [0.29, 0.717) is 11.1 Å². The Morgan fingerprint density at radius 3 is 2.04 bits per heavy atom. The number of nitrogens with zero attached hydrogens (tertiary/aromatic N) is 1. The van der Waals surface area contributed by atoms with Crippen LogP contribution in [-0.2, 0) is 0 Å². The molecule has 0 aromatic heterocycles. The third-order valence-electron chi connectivity index (χ3n) is 3.70. The van der Waals surface area contributed by atoms with E-state index >= 15 is 0 Å². The van der Waals surface area contributed by atoms with Crippen molar-refractivity contribution >= 4 is 23.5 Å². The minimum atomic E-state index is -0.907. The highest BCUT2D eigenvalue weighted by Crippen LogP contribution is 2.22. The summed E-state index contributed by atoms with van der Waals surface area (Å²) in [5, 5.41) is 4.41. The number of urea groups is 1. The van der Waals surface area contributed by atoms with Gasteiger partial charge >= 0.3 is 6.03 Å². The van der Waals surface area contributed by atoms with Crippen LogP contribution < -0.4 is 10.6 Å². The molecule has 128 valence electrons. The number of carbonyl (C=O) groups is 3. The second kappa shape index (κ2) is 6.68. The number of carbonyl (C=O) groups excluding carboxylic acids is 3. The van der Waals surface area contributed by atoms with Gasteiger partial charge in [0.2, 0.25) is 0 Å². The third kappa shape index (κ3) is 3.18. The number of hydrogen-bond acceptors (Lipinski definition) is 3. The normalized spacial score (nSPS) is 13.0. The Balaban J connectivity index is 1.56. The largest absolute Gasteiger partial charge is 0.336 e. The van der Waals surface area contributed by atoms with Crippen LogP contribution in [0, 0.1) is 11.6 Å². The average molecular weight is 345 g/mol. The number of rotatable bonds is 4. The first-order chi connectivity index (χ1) is 12.0. The smallest absolute Gasteiger partial charge is 0.319 e. The second-order valence-corrected chi connectivity index (χ2v) is 5.29. The zero-order chi connectivity index (χ0) is 18.0. The maximum absolute atomic E-state index is 13.5. The fraction of sp³-hybridized carbons (Fsp3) is 0.118. The molecular formula is C17H13F2N3O3. The molecule has 0 saturated heterocycles. The van der Waals surface area contributed by atoms with E-state index in [1.807, 2.05) is 0 Å². The number of fused-ring (bicyclic) bond motifs is 1. The van der Waals surface area contributed by atoms with Crippen molar-refractivity contribution in [3.63, 3.8) is 0 Å². The fourth-order valence-corrected chi connectivity index (χ4v) is 2.50. The highest BCUT2D eigenvalue weighted by Gasteiger charge is 2.34. The quantitative estimate of drug-likeness (QED) is 0.835. The highest BCUT2D eigenvalue weighted by molar-refractivity contribution is 6.21. The molecule has 0 saturated carbocycles. The SMILES string of the molecule is O=C(NCCN1C(=O)c2ccccc2C1=O)Nc1c(F)cccc1F. The van der Waals surface area contributed by atoms with Crippen molar-refractivity contribution in [3.8, 4) is 0 Å². The Bertz CT molecular complexity index is 815. The summed E-state index contributed by atoms with van der Waals surface area (Å²) in [5.41, 5.74) is 0.0523. The molecule has 1 heterocycles. The molecule has 6 nitrogen and oxygen atoms in total.